The molecule has 3 heterocycles. The van der Waals surface area contributed by atoms with Gasteiger partial charge >= 0.3 is 6.18 Å². The second-order valence-corrected chi connectivity index (χ2v) is 7.67. The summed E-state index contributed by atoms with van der Waals surface area (Å²) in [5, 5.41) is 4.29. The number of H-pyrrole nitrogens is 1. The van der Waals surface area contributed by atoms with E-state index in [-0.39, 0.29) is 12.1 Å². The van der Waals surface area contributed by atoms with Crippen molar-refractivity contribution in [1.29, 1.82) is 0 Å². The van der Waals surface area contributed by atoms with Crippen LogP contribution in [0.4, 0.5) is 19.1 Å². The van der Waals surface area contributed by atoms with Crippen LogP contribution in [0.1, 0.15) is 24.5 Å². The molecule has 11 heteroatoms. The van der Waals surface area contributed by atoms with Crippen LogP contribution in [0.3, 0.4) is 0 Å². The summed E-state index contributed by atoms with van der Waals surface area (Å²) in [5.74, 6) is 0.932. The molecule has 168 valence electrons. The smallest absolute Gasteiger partial charge is 0.348 e. The summed E-state index contributed by atoms with van der Waals surface area (Å²) in [7, 11) is 3.54. The Morgan fingerprint density at radius 3 is 2.66 bits per heavy atom. The van der Waals surface area contributed by atoms with Crippen LogP contribution in [-0.2, 0) is 19.3 Å². The first-order valence-corrected chi connectivity index (χ1v) is 10.0. The number of anilines is 1. The lowest BCUT2D eigenvalue weighted by Gasteiger charge is -2.10. The van der Waals surface area contributed by atoms with E-state index in [1.54, 1.807) is 46.7 Å². The van der Waals surface area contributed by atoms with E-state index in [9.17, 15) is 18.0 Å². The summed E-state index contributed by atoms with van der Waals surface area (Å²) < 4.78 is 42.3. The summed E-state index contributed by atoms with van der Waals surface area (Å²) in [4.78, 5) is 26.2. The van der Waals surface area contributed by atoms with Gasteiger partial charge in [0, 0.05) is 26.8 Å². The van der Waals surface area contributed by atoms with E-state index >= 15 is 0 Å². The molecular weight excluding hydrogens is 423 g/mol. The molecule has 0 aliphatic heterocycles. The zero-order valence-electron chi connectivity index (χ0n) is 17.8. The number of aromatic amines is 1. The first-order valence-electron chi connectivity index (χ1n) is 10.0. The van der Waals surface area contributed by atoms with Crippen molar-refractivity contribution in [1.82, 2.24) is 29.3 Å². The Labute approximate surface area is 181 Å². The van der Waals surface area contributed by atoms with Gasteiger partial charge in [-0.3, -0.25) is 14.5 Å². The molecule has 0 spiro atoms. The monoisotopic (exact) mass is 445 g/mol. The number of aromatic nitrogens is 6. The molecule has 0 atom stereocenters. The van der Waals surface area contributed by atoms with E-state index in [2.05, 4.69) is 20.1 Å². The molecule has 3 aromatic heterocycles. The highest BCUT2D eigenvalue weighted by Gasteiger charge is 2.30. The third-order valence-electron chi connectivity index (χ3n) is 4.96. The van der Waals surface area contributed by atoms with Crippen molar-refractivity contribution in [3.63, 3.8) is 0 Å². The average molecular weight is 445 g/mol. The maximum absolute atomic E-state index is 13.0. The Morgan fingerprint density at radius 2 is 1.97 bits per heavy atom. The fourth-order valence-corrected chi connectivity index (χ4v) is 3.50. The van der Waals surface area contributed by atoms with Gasteiger partial charge in [-0.15, -0.1) is 0 Å². The van der Waals surface area contributed by atoms with Gasteiger partial charge in [0.25, 0.3) is 5.56 Å². The van der Waals surface area contributed by atoms with E-state index < -0.39 is 11.7 Å². The van der Waals surface area contributed by atoms with Gasteiger partial charge in [0.2, 0.25) is 5.95 Å². The van der Waals surface area contributed by atoms with Gasteiger partial charge in [-0.25, -0.2) is 4.98 Å². The maximum Gasteiger partial charge on any atom is 0.416 e. The van der Waals surface area contributed by atoms with Crippen molar-refractivity contribution in [2.24, 2.45) is 0 Å². The molecule has 0 radical (unpaired) electrons. The molecule has 8 nitrogen and oxygen atoms in total. The van der Waals surface area contributed by atoms with Gasteiger partial charge < -0.3 is 9.47 Å². The maximum atomic E-state index is 13.0. The van der Waals surface area contributed by atoms with Gasteiger partial charge in [0.15, 0.2) is 11.2 Å². The number of hydrogen-bond donors (Lipinski definition) is 1. The van der Waals surface area contributed by atoms with E-state index in [0.29, 0.717) is 40.6 Å². The van der Waals surface area contributed by atoms with Crippen LogP contribution < -0.4 is 10.5 Å². The molecule has 0 aliphatic rings. The number of nitrogens with one attached hydrogen (secondary N) is 1. The molecule has 0 amide bonds. The fourth-order valence-electron chi connectivity index (χ4n) is 3.50. The first-order chi connectivity index (χ1) is 15.2. The van der Waals surface area contributed by atoms with Crippen molar-refractivity contribution in [3.05, 3.63) is 58.1 Å². The number of halogens is 3. The zero-order valence-corrected chi connectivity index (χ0v) is 17.8. The number of fused-ring (bicyclic) bond motifs is 1. The van der Waals surface area contributed by atoms with Crippen LogP contribution in [0.5, 0.6) is 0 Å². The number of benzene rings is 1. The molecular formula is C21H22F3N7O. The molecule has 32 heavy (non-hydrogen) atoms. The molecule has 0 unspecified atom stereocenters. The van der Waals surface area contributed by atoms with Crippen molar-refractivity contribution >= 4 is 17.1 Å². The second-order valence-electron chi connectivity index (χ2n) is 7.67. The minimum absolute atomic E-state index is 0.168. The van der Waals surface area contributed by atoms with Crippen molar-refractivity contribution < 1.29 is 13.2 Å². The summed E-state index contributed by atoms with van der Waals surface area (Å²) in [6, 6.07) is 5.15. The molecule has 0 bridgehead atoms. The fraction of sp³-hybridized carbons (Fsp3) is 0.333. The van der Waals surface area contributed by atoms with Crippen LogP contribution in [0.2, 0.25) is 0 Å². The standard InChI is InChI=1S/C21H22F3N7O/c1-4-8-31-16-17(27-20(29(2)3)28-19(16)32)26-18(31)14-10-25-30(12-14)11-13-6-5-7-15(9-13)21(22,23)24/h5-7,9-10,12H,4,8,11H2,1-3H3,(H,27,28,32). The molecule has 0 aliphatic carbocycles. The predicted molar refractivity (Wildman–Crippen MR) is 115 cm³/mol. The number of hydrogen-bond acceptors (Lipinski definition) is 5. The molecule has 0 saturated carbocycles. The van der Waals surface area contributed by atoms with Crippen LogP contribution in [0, 0.1) is 0 Å². The van der Waals surface area contributed by atoms with Gasteiger partial charge in [0.05, 0.1) is 23.9 Å². The minimum atomic E-state index is -4.40. The van der Waals surface area contributed by atoms with Gasteiger partial charge in [-0.1, -0.05) is 19.1 Å². The Balaban J connectivity index is 1.72. The first kappa shape index (κ1) is 21.6. The predicted octanol–water partition coefficient (Wildman–Crippen LogP) is 3.53. The number of imidazole rings is 1. The van der Waals surface area contributed by atoms with Crippen LogP contribution in [0.15, 0.2) is 41.5 Å². The van der Waals surface area contributed by atoms with Gasteiger partial charge in [0.1, 0.15) is 5.82 Å². The van der Waals surface area contributed by atoms with Gasteiger partial charge in [-0.2, -0.15) is 23.3 Å². The molecule has 1 aromatic carbocycles. The Bertz CT molecular complexity index is 1320. The molecule has 0 saturated heterocycles. The zero-order chi connectivity index (χ0) is 23.0. The SMILES string of the molecule is CCCn1c(-c2cnn(Cc3cccc(C(F)(F)F)c3)c2)nc2nc(N(C)C)[nH]c(=O)c21. The van der Waals surface area contributed by atoms with Crippen LogP contribution in [0.25, 0.3) is 22.6 Å². The Kier molecular flexibility index (Phi) is 5.49. The molecule has 4 rings (SSSR count). The number of aryl methyl sites for hydroxylation is 1. The molecule has 1 N–H and O–H groups in total. The normalized spacial score (nSPS) is 11.9. The van der Waals surface area contributed by atoms with E-state index in [1.165, 1.54) is 6.07 Å². The summed E-state index contributed by atoms with van der Waals surface area (Å²) >= 11 is 0. The summed E-state index contributed by atoms with van der Waals surface area (Å²) in [6.45, 7) is 2.71. The number of nitrogens with zero attached hydrogens (tertiary/aromatic N) is 6. The lowest BCUT2D eigenvalue weighted by molar-refractivity contribution is -0.137. The highest BCUT2D eigenvalue weighted by atomic mass is 19.4. The highest BCUT2D eigenvalue weighted by molar-refractivity contribution is 5.77. The molecule has 0 fully saturated rings. The summed E-state index contributed by atoms with van der Waals surface area (Å²) in [6.07, 6.45) is -0.343. The lowest BCUT2D eigenvalue weighted by atomic mass is 10.1. The summed E-state index contributed by atoms with van der Waals surface area (Å²) in [5.41, 5.74) is 0.834. The topological polar surface area (TPSA) is 84.6 Å². The van der Waals surface area contributed by atoms with Gasteiger partial charge in [-0.05, 0) is 24.1 Å². The lowest BCUT2D eigenvalue weighted by Crippen LogP contribution is -2.20. The van der Waals surface area contributed by atoms with E-state index in [1.807, 2.05) is 6.92 Å². The molecule has 4 aromatic rings. The van der Waals surface area contributed by atoms with Crippen molar-refractivity contribution in [3.8, 4) is 11.4 Å². The second kappa shape index (κ2) is 8.13. The van der Waals surface area contributed by atoms with E-state index in [0.717, 1.165) is 18.6 Å². The number of rotatable bonds is 6. The van der Waals surface area contributed by atoms with Crippen molar-refractivity contribution in [2.45, 2.75) is 32.6 Å². The third-order valence-corrected chi connectivity index (χ3v) is 4.96. The van der Waals surface area contributed by atoms with Crippen LogP contribution in [-0.4, -0.2) is 43.4 Å². The number of alkyl halides is 3. The highest BCUT2D eigenvalue weighted by Crippen LogP contribution is 2.30. The van der Waals surface area contributed by atoms with Crippen molar-refractivity contribution in [2.75, 3.05) is 19.0 Å². The quantitative estimate of drug-likeness (QED) is 0.491. The third kappa shape index (κ3) is 4.10. The van der Waals surface area contributed by atoms with E-state index in [4.69, 9.17) is 0 Å². The van der Waals surface area contributed by atoms with Crippen LogP contribution >= 0.6 is 0 Å². The largest absolute Gasteiger partial charge is 0.416 e. The minimum Gasteiger partial charge on any atom is -0.348 e. The average Bonchev–Trinajstić information content (AvgIpc) is 3.32. The Morgan fingerprint density at radius 1 is 1.19 bits per heavy atom. The Hall–Kier alpha value is -3.63.